The lowest BCUT2D eigenvalue weighted by molar-refractivity contribution is -0.128. The Hall–Kier alpha value is -3.36. The summed E-state index contributed by atoms with van der Waals surface area (Å²) in [7, 11) is 0. The summed E-state index contributed by atoms with van der Waals surface area (Å²) in [5.41, 5.74) is 9.00. The monoisotopic (exact) mass is 444 g/mol. The van der Waals surface area contributed by atoms with Gasteiger partial charge in [-0.3, -0.25) is 4.79 Å². The number of hydrogen-bond donors (Lipinski definition) is 5. The lowest BCUT2D eigenvalue weighted by Crippen LogP contribution is -2.32. The van der Waals surface area contributed by atoms with Gasteiger partial charge in [0.15, 0.2) is 0 Å². The van der Waals surface area contributed by atoms with Crippen LogP contribution in [0.1, 0.15) is 18.1 Å². The van der Waals surface area contributed by atoms with Crippen molar-refractivity contribution in [2.75, 3.05) is 11.1 Å². The summed E-state index contributed by atoms with van der Waals surface area (Å²) in [6.45, 7) is 0.794. The Labute approximate surface area is 183 Å². The molecule has 0 aliphatic rings. The largest absolute Gasteiger partial charge is 0.507 e. The average Bonchev–Trinajstić information content (AvgIpc) is 2.75. The van der Waals surface area contributed by atoms with Gasteiger partial charge < -0.3 is 26.6 Å². The molecule has 1 atom stereocenters. The molecular weight excluding hydrogens is 423 g/mol. The van der Waals surface area contributed by atoms with Crippen molar-refractivity contribution >= 4 is 34.7 Å². The van der Waals surface area contributed by atoms with Gasteiger partial charge in [0, 0.05) is 39.6 Å². The minimum Gasteiger partial charge on any atom is -0.507 e. The molecule has 1 heterocycles. The Balaban J connectivity index is 1.85. The van der Waals surface area contributed by atoms with Gasteiger partial charge in [-0.1, -0.05) is 17.7 Å². The number of amides is 1. The number of anilines is 3. The third-order valence-corrected chi connectivity index (χ3v) is 4.84. The fourth-order valence-corrected chi connectivity index (χ4v) is 3.10. The van der Waals surface area contributed by atoms with Gasteiger partial charge in [-0.25, -0.2) is 9.37 Å². The van der Waals surface area contributed by atoms with E-state index < -0.39 is 18.7 Å². The van der Waals surface area contributed by atoms with Crippen molar-refractivity contribution in [2.45, 2.75) is 26.2 Å². The molecular formula is C22H22ClFN4O3. The predicted octanol–water partition coefficient (Wildman–Crippen LogP) is 3.90. The minimum atomic E-state index is -1.13. The Kier molecular flexibility index (Phi) is 6.94. The molecule has 0 radical (unpaired) electrons. The number of aromatic nitrogens is 1. The molecule has 0 bridgehead atoms. The molecule has 9 heteroatoms. The van der Waals surface area contributed by atoms with Crippen molar-refractivity contribution in [1.29, 1.82) is 0 Å². The van der Waals surface area contributed by atoms with E-state index in [0.29, 0.717) is 38.8 Å². The van der Waals surface area contributed by atoms with Gasteiger partial charge in [0.2, 0.25) is 5.91 Å². The number of aliphatic hydroxyl groups excluding tert-OH is 1. The molecule has 3 rings (SSSR count). The summed E-state index contributed by atoms with van der Waals surface area (Å²) < 4.78 is 13.3. The lowest BCUT2D eigenvalue weighted by atomic mass is 10.1. The van der Waals surface area contributed by atoms with Gasteiger partial charge >= 0.3 is 0 Å². The first-order valence-corrected chi connectivity index (χ1v) is 9.82. The van der Waals surface area contributed by atoms with E-state index in [1.165, 1.54) is 13.0 Å². The highest BCUT2D eigenvalue weighted by Gasteiger charge is 2.13. The van der Waals surface area contributed by atoms with E-state index >= 15 is 0 Å². The summed E-state index contributed by atoms with van der Waals surface area (Å²) in [6, 6.07) is 13.0. The Morgan fingerprint density at radius 1 is 1.19 bits per heavy atom. The number of pyridine rings is 1. The first kappa shape index (κ1) is 22.3. The maximum atomic E-state index is 13.3. The molecule has 0 aliphatic heterocycles. The van der Waals surface area contributed by atoms with Crippen molar-refractivity contribution < 1.29 is 19.4 Å². The number of nitrogens with two attached hydrogens (primary N) is 1. The van der Waals surface area contributed by atoms with E-state index in [9.17, 15) is 19.4 Å². The number of carbonyl (C=O) groups excluding carboxylic acids is 1. The van der Waals surface area contributed by atoms with Crippen LogP contribution < -0.4 is 16.4 Å². The molecule has 162 valence electrons. The zero-order valence-electron chi connectivity index (χ0n) is 16.7. The lowest BCUT2D eigenvalue weighted by Gasteiger charge is -2.14. The second kappa shape index (κ2) is 9.63. The van der Waals surface area contributed by atoms with E-state index in [2.05, 4.69) is 15.6 Å². The van der Waals surface area contributed by atoms with E-state index in [1.807, 2.05) is 0 Å². The van der Waals surface area contributed by atoms with Crippen molar-refractivity contribution in [3.63, 3.8) is 0 Å². The summed E-state index contributed by atoms with van der Waals surface area (Å²) in [4.78, 5) is 15.8. The number of benzene rings is 2. The number of aliphatic hydroxyl groups is 1. The SMILES string of the molecule is C[C@H](O)C(=O)NCc1ccc(-c2cc(Nc3ccc(Cl)cc3CF)ccc2O)nc1N. The maximum Gasteiger partial charge on any atom is 0.248 e. The first-order valence-electron chi connectivity index (χ1n) is 9.44. The fraction of sp³-hybridized carbons (Fsp3) is 0.182. The Morgan fingerprint density at radius 2 is 1.97 bits per heavy atom. The van der Waals surface area contributed by atoms with Crippen molar-refractivity contribution in [3.05, 3.63) is 64.7 Å². The first-order chi connectivity index (χ1) is 14.8. The number of rotatable bonds is 7. The molecule has 0 spiro atoms. The molecule has 1 aromatic heterocycles. The predicted molar refractivity (Wildman–Crippen MR) is 119 cm³/mol. The van der Waals surface area contributed by atoms with Crippen LogP contribution in [-0.2, 0) is 18.0 Å². The second-order valence-electron chi connectivity index (χ2n) is 6.93. The molecule has 0 fully saturated rings. The van der Waals surface area contributed by atoms with Crippen molar-refractivity contribution in [1.82, 2.24) is 10.3 Å². The molecule has 6 N–H and O–H groups in total. The highest BCUT2D eigenvalue weighted by Crippen LogP contribution is 2.33. The maximum absolute atomic E-state index is 13.3. The summed E-state index contributed by atoms with van der Waals surface area (Å²) in [5.74, 6) is -0.345. The van der Waals surface area contributed by atoms with Gasteiger partial charge in [-0.15, -0.1) is 0 Å². The van der Waals surface area contributed by atoms with Crippen molar-refractivity contribution in [3.8, 4) is 17.0 Å². The molecule has 0 saturated heterocycles. The molecule has 31 heavy (non-hydrogen) atoms. The molecule has 2 aromatic carbocycles. The topological polar surface area (TPSA) is 120 Å². The number of nitrogens with zero attached hydrogens (tertiary/aromatic N) is 1. The zero-order chi connectivity index (χ0) is 22.5. The number of halogens is 2. The van der Waals surface area contributed by atoms with Crippen LogP contribution in [0.4, 0.5) is 21.6 Å². The molecule has 0 saturated carbocycles. The average molecular weight is 445 g/mol. The minimum absolute atomic E-state index is 0.00516. The standard InChI is InChI=1S/C22H22ClFN4O3/c1-12(29)22(31)26-11-13-2-5-19(28-21(13)25)17-9-16(4-7-20(17)30)27-18-6-3-15(23)8-14(18)10-24/h2-9,12,27,29-30H,10-11H2,1H3,(H2,25,28)(H,26,31)/t12-/m0/s1. The van der Waals surface area contributed by atoms with Crippen LogP contribution in [0.5, 0.6) is 5.75 Å². The van der Waals surface area contributed by atoms with E-state index in [0.717, 1.165) is 0 Å². The van der Waals surface area contributed by atoms with Gasteiger partial charge in [0.1, 0.15) is 24.3 Å². The van der Waals surface area contributed by atoms with Crippen LogP contribution in [0.3, 0.4) is 0 Å². The van der Waals surface area contributed by atoms with Crippen LogP contribution >= 0.6 is 11.6 Å². The van der Waals surface area contributed by atoms with Gasteiger partial charge in [-0.2, -0.15) is 0 Å². The van der Waals surface area contributed by atoms with E-state index in [-0.39, 0.29) is 18.1 Å². The molecule has 7 nitrogen and oxygen atoms in total. The summed E-state index contributed by atoms with van der Waals surface area (Å²) >= 11 is 5.92. The van der Waals surface area contributed by atoms with Crippen LogP contribution in [-0.4, -0.2) is 27.2 Å². The highest BCUT2D eigenvalue weighted by atomic mass is 35.5. The number of aromatic hydroxyl groups is 1. The second-order valence-corrected chi connectivity index (χ2v) is 7.36. The third-order valence-electron chi connectivity index (χ3n) is 4.61. The van der Waals surface area contributed by atoms with Gasteiger partial charge in [0.05, 0.1) is 5.69 Å². The molecule has 0 unspecified atom stereocenters. The normalized spacial score (nSPS) is 11.7. The number of nitrogen functional groups attached to an aromatic ring is 1. The van der Waals surface area contributed by atoms with Gasteiger partial charge in [0.25, 0.3) is 0 Å². The van der Waals surface area contributed by atoms with Crippen LogP contribution in [0.15, 0.2) is 48.5 Å². The quantitative estimate of drug-likeness (QED) is 0.352. The third kappa shape index (κ3) is 5.42. The number of phenols is 1. The fourth-order valence-electron chi connectivity index (χ4n) is 2.90. The van der Waals surface area contributed by atoms with Gasteiger partial charge in [-0.05, 0) is 49.4 Å². The highest BCUT2D eigenvalue weighted by molar-refractivity contribution is 6.30. The molecule has 1 amide bonds. The van der Waals surface area contributed by atoms with Crippen LogP contribution in [0, 0.1) is 0 Å². The number of phenolic OH excluding ortho intramolecular Hbond substituents is 1. The zero-order valence-corrected chi connectivity index (χ0v) is 17.4. The van der Waals surface area contributed by atoms with Crippen molar-refractivity contribution in [2.24, 2.45) is 0 Å². The Bertz CT molecular complexity index is 1110. The summed E-state index contributed by atoms with van der Waals surface area (Å²) in [5, 5.41) is 25.7. The van der Waals surface area contributed by atoms with Crippen LogP contribution in [0.25, 0.3) is 11.3 Å². The van der Waals surface area contributed by atoms with Crippen LogP contribution in [0.2, 0.25) is 5.02 Å². The molecule has 3 aromatic rings. The number of nitrogens with one attached hydrogen (secondary N) is 2. The smallest absolute Gasteiger partial charge is 0.248 e. The number of carbonyl (C=O) groups is 1. The number of alkyl halides is 1. The van der Waals surface area contributed by atoms with E-state index in [1.54, 1.807) is 42.5 Å². The van der Waals surface area contributed by atoms with E-state index in [4.69, 9.17) is 17.3 Å². The Morgan fingerprint density at radius 3 is 2.65 bits per heavy atom. The number of hydrogen-bond acceptors (Lipinski definition) is 6. The summed E-state index contributed by atoms with van der Waals surface area (Å²) in [6.07, 6.45) is -1.13. The molecule has 0 aliphatic carbocycles.